The van der Waals surface area contributed by atoms with Gasteiger partial charge in [-0.15, -0.1) is 0 Å². The Balaban J connectivity index is 2.07. The van der Waals surface area contributed by atoms with E-state index >= 15 is 0 Å². The molecule has 0 aromatic heterocycles. The van der Waals surface area contributed by atoms with Gasteiger partial charge in [-0.25, -0.2) is 0 Å². The molecule has 1 saturated carbocycles. The summed E-state index contributed by atoms with van der Waals surface area (Å²) in [7, 11) is 0. The van der Waals surface area contributed by atoms with E-state index in [1.807, 2.05) is 0 Å². The monoisotopic (exact) mass is 350 g/mol. The lowest BCUT2D eigenvalue weighted by Gasteiger charge is -2.28. The number of rotatable bonds is 4. The van der Waals surface area contributed by atoms with Gasteiger partial charge in [0.2, 0.25) is 0 Å². The second kappa shape index (κ2) is 5.93. The molecule has 0 radical (unpaired) electrons. The Morgan fingerprint density at radius 1 is 1.25 bits per heavy atom. The number of hydrogen-bond donors (Lipinski definition) is 2. The van der Waals surface area contributed by atoms with Crippen LogP contribution in [0.25, 0.3) is 0 Å². The van der Waals surface area contributed by atoms with E-state index in [1.165, 1.54) is 18.9 Å². The van der Waals surface area contributed by atoms with Crippen molar-refractivity contribution < 1.29 is 13.2 Å². The first-order chi connectivity index (χ1) is 9.36. The average molecular weight is 351 g/mol. The zero-order valence-corrected chi connectivity index (χ0v) is 12.6. The Bertz CT molecular complexity index is 468. The van der Waals surface area contributed by atoms with Gasteiger partial charge < -0.3 is 11.1 Å². The zero-order valence-electron chi connectivity index (χ0n) is 11.1. The molecule has 3 N–H and O–H groups in total. The molecule has 6 heteroatoms. The van der Waals surface area contributed by atoms with E-state index in [2.05, 4.69) is 21.2 Å². The largest absolute Gasteiger partial charge is 0.416 e. The summed E-state index contributed by atoms with van der Waals surface area (Å²) >= 11 is 3.19. The van der Waals surface area contributed by atoms with Crippen LogP contribution in [0, 0.1) is 5.41 Å². The van der Waals surface area contributed by atoms with E-state index < -0.39 is 11.7 Å². The van der Waals surface area contributed by atoms with E-state index in [-0.39, 0.29) is 5.41 Å². The van der Waals surface area contributed by atoms with Crippen LogP contribution in [0.1, 0.15) is 31.2 Å². The van der Waals surface area contributed by atoms with Gasteiger partial charge in [-0.2, -0.15) is 13.2 Å². The highest BCUT2D eigenvalue weighted by molar-refractivity contribution is 9.10. The number of nitrogens with one attached hydrogen (secondary N) is 1. The van der Waals surface area contributed by atoms with Crippen LogP contribution >= 0.6 is 15.9 Å². The molecule has 0 aliphatic heterocycles. The molecule has 1 fully saturated rings. The molecule has 1 aromatic rings. The molecule has 0 atom stereocenters. The first-order valence-electron chi connectivity index (χ1n) is 6.67. The van der Waals surface area contributed by atoms with Crippen molar-refractivity contribution in [2.24, 2.45) is 11.1 Å². The number of anilines is 1. The van der Waals surface area contributed by atoms with Gasteiger partial charge in [0.1, 0.15) is 0 Å². The topological polar surface area (TPSA) is 38.0 Å². The number of hydrogen-bond acceptors (Lipinski definition) is 2. The first-order valence-corrected chi connectivity index (χ1v) is 7.46. The van der Waals surface area contributed by atoms with Crippen LogP contribution in [0.4, 0.5) is 18.9 Å². The zero-order chi connectivity index (χ0) is 14.8. The summed E-state index contributed by atoms with van der Waals surface area (Å²) in [5.41, 5.74) is 5.97. The van der Waals surface area contributed by atoms with E-state index in [0.717, 1.165) is 25.0 Å². The smallest absolute Gasteiger partial charge is 0.384 e. The highest BCUT2D eigenvalue weighted by Gasteiger charge is 2.33. The second-order valence-corrected chi connectivity index (χ2v) is 6.31. The van der Waals surface area contributed by atoms with Crippen LogP contribution in [0.2, 0.25) is 0 Å². The highest BCUT2D eigenvalue weighted by Crippen LogP contribution is 2.38. The summed E-state index contributed by atoms with van der Waals surface area (Å²) in [4.78, 5) is 0. The minimum Gasteiger partial charge on any atom is -0.384 e. The molecule has 0 heterocycles. The van der Waals surface area contributed by atoms with Crippen molar-refractivity contribution in [1.82, 2.24) is 0 Å². The molecule has 2 nitrogen and oxygen atoms in total. The lowest BCUT2D eigenvalue weighted by Crippen LogP contribution is -2.34. The normalized spacial score (nSPS) is 18.2. The van der Waals surface area contributed by atoms with Gasteiger partial charge in [0.25, 0.3) is 0 Å². The number of nitrogens with two attached hydrogens (primary N) is 1. The summed E-state index contributed by atoms with van der Waals surface area (Å²) in [5, 5.41) is 3.23. The summed E-state index contributed by atoms with van der Waals surface area (Å²) in [6, 6.07) is 3.66. The number of alkyl halides is 3. The fraction of sp³-hybridized carbons (Fsp3) is 0.571. The molecular formula is C14H18BrF3N2. The van der Waals surface area contributed by atoms with E-state index in [4.69, 9.17) is 5.73 Å². The molecular weight excluding hydrogens is 333 g/mol. The molecule has 0 spiro atoms. The van der Waals surface area contributed by atoms with Gasteiger partial charge in [0.05, 0.1) is 5.56 Å². The molecule has 1 aliphatic rings. The van der Waals surface area contributed by atoms with Crippen molar-refractivity contribution in [1.29, 1.82) is 0 Å². The van der Waals surface area contributed by atoms with E-state index in [1.54, 1.807) is 0 Å². The third kappa shape index (κ3) is 3.47. The average Bonchev–Trinajstić information content (AvgIpc) is 2.85. The predicted octanol–water partition coefficient (Wildman–Crippen LogP) is 4.40. The maximum atomic E-state index is 12.6. The minimum atomic E-state index is -4.31. The van der Waals surface area contributed by atoms with Gasteiger partial charge in [0, 0.05) is 16.7 Å². The minimum absolute atomic E-state index is 0.0855. The fourth-order valence-corrected chi connectivity index (χ4v) is 3.21. The molecule has 0 unspecified atom stereocenters. The summed E-state index contributed by atoms with van der Waals surface area (Å²) in [5.74, 6) is 0. The maximum Gasteiger partial charge on any atom is 0.416 e. The van der Waals surface area contributed by atoms with Crippen LogP contribution < -0.4 is 11.1 Å². The highest BCUT2D eigenvalue weighted by atomic mass is 79.9. The summed E-state index contributed by atoms with van der Waals surface area (Å²) in [6.45, 7) is 1.31. The van der Waals surface area contributed by atoms with Crippen LogP contribution in [0.3, 0.4) is 0 Å². The van der Waals surface area contributed by atoms with Crippen molar-refractivity contribution >= 4 is 21.6 Å². The van der Waals surface area contributed by atoms with Crippen LogP contribution in [-0.2, 0) is 6.18 Å². The standard InChI is InChI=1S/C14H18BrF3N2/c15-11-7-10(14(16,17)18)3-4-12(11)20-9-13(8-19)5-1-2-6-13/h3-4,7,20H,1-2,5-6,8-9,19H2. The maximum absolute atomic E-state index is 12.6. The molecule has 0 saturated heterocycles. The lowest BCUT2D eigenvalue weighted by molar-refractivity contribution is -0.137. The molecule has 2 rings (SSSR count). The van der Waals surface area contributed by atoms with Gasteiger partial charge in [-0.3, -0.25) is 0 Å². The SMILES string of the molecule is NCC1(CNc2ccc(C(F)(F)F)cc2Br)CCCC1. The third-order valence-electron chi connectivity index (χ3n) is 4.05. The van der Waals surface area contributed by atoms with E-state index in [0.29, 0.717) is 23.2 Å². The molecule has 20 heavy (non-hydrogen) atoms. The van der Waals surface area contributed by atoms with Gasteiger partial charge >= 0.3 is 6.18 Å². The Hall–Kier alpha value is -0.750. The predicted molar refractivity (Wildman–Crippen MR) is 77.6 cm³/mol. The van der Waals surface area contributed by atoms with E-state index in [9.17, 15) is 13.2 Å². The van der Waals surface area contributed by atoms with Crippen LogP contribution in [0.5, 0.6) is 0 Å². The van der Waals surface area contributed by atoms with Crippen LogP contribution in [-0.4, -0.2) is 13.1 Å². The molecule has 1 aliphatic carbocycles. The third-order valence-corrected chi connectivity index (χ3v) is 4.70. The fourth-order valence-electron chi connectivity index (χ4n) is 2.70. The summed E-state index contributed by atoms with van der Waals surface area (Å²) in [6.07, 6.45) is 0.189. The number of benzene rings is 1. The molecule has 0 bridgehead atoms. The Kier molecular flexibility index (Phi) is 4.64. The first kappa shape index (κ1) is 15.6. The second-order valence-electron chi connectivity index (χ2n) is 5.46. The van der Waals surface area contributed by atoms with Crippen molar-refractivity contribution in [2.45, 2.75) is 31.9 Å². The van der Waals surface area contributed by atoms with Crippen molar-refractivity contribution in [2.75, 3.05) is 18.4 Å². The van der Waals surface area contributed by atoms with Gasteiger partial charge in [0.15, 0.2) is 0 Å². The van der Waals surface area contributed by atoms with Gasteiger partial charge in [-0.1, -0.05) is 12.8 Å². The lowest BCUT2D eigenvalue weighted by atomic mass is 9.86. The molecule has 112 valence electrons. The Morgan fingerprint density at radius 3 is 2.40 bits per heavy atom. The quantitative estimate of drug-likeness (QED) is 0.844. The number of halogens is 4. The summed E-state index contributed by atoms with van der Waals surface area (Å²) < 4.78 is 38.2. The van der Waals surface area contributed by atoms with Crippen molar-refractivity contribution in [3.05, 3.63) is 28.2 Å². The Labute approximate surface area is 125 Å². The van der Waals surface area contributed by atoms with Crippen molar-refractivity contribution in [3.8, 4) is 0 Å². The van der Waals surface area contributed by atoms with Crippen LogP contribution in [0.15, 0.2) is 22.7 Å². The molecule has 1 aromatic carbocycles. The van der Waals surface area contributed by atoms with Gasteiger partial charge in [-0.05, 0) is 58.9 Å². The molecule has 0 amide bonds. The van der Waals surface area contributed by atoms with Crippen molar-refractivity contribution in [3.63, 3.8) is 0 Å². The Morgan fingerprint density at radius 2 is 1.90 bits per heavy atom.